The van der Waals surface area contributed by atoms with E-state index in [-0.39, 0.29) is 30.8 Å². The van der Waals surface area contributed by atoms with Crippen molar-refractivity contribution in [2.24, 2.45) is 0 Å². The SMILES string of the molecule is CCCCN(C(O)(CCNC(=O)O)Cc1ccccc1)S(=O)(=O)c1ccccc1. The van der Waals surface area contributed by atoms with Gasteiger partial charge in [0.15, 0.2) is 0 Å². The number of benzene rings is 2. The van der Waals surface area contributed by atoms with Crippen LogP contribution in [0, 0.1) is 0 Å². The second-order valence-corrected chi connectivity index (χ2v) is 8.73. The van der Waals surface area contributed by atoms with Crippen LogP contribution in [0.1, 0.15) is 31.7 Å². The third kappa shape index (κ3) is 6.28. The fourth-order valence-electron chi connectivity index (χ4n) is 3.17. The van der Waals surface area contributed by atoms with Gasteiger partial charge in [-0.1, -0.05) is 61.9 Å². The highest BCUT2D eigenvalue weighted by atomic mass is 32.2. The van der Waals surface area contributed by atoms with Gasteiger partial charge in [0.2, 0.25) is 10.0 Å². The van der Waals surface area contributed by atoms with Gasteiger partial charge >= 0.3 is 6.09 Å². The smallest absolute Gasteiger partial charge is 0.404 e. The molecule has 29 heavy (non-hydrogen) atoms. The molecule has 0 aromatic heterocycles. The Morgan fingerprint density at radius 3 is 2.21 bits per heavy atom. The van der Waals surface area contributed by atoms with Crippen LogP contribution in [-0.2, 0) is 16.4 Å². The minimum absolute atomic E-state index is 0.0465. The number of aliphatic hydroxyl groups is 1. The first-order valence-corrected chi connectivity index (χ1v) is 11.0. The van der Waals surface area contributed by atoms with E-state index in [1.54, 1.807) is 18.2 Å². The average molecular weight is 421 g/mol. The van der Waals surface area contributed by atoms with Crippen LogP contribution >= 0.6 is 0 Å². The summed E-state index contributed by atoms with van der Waals surface area (Å²) in [6, 6.07) is 17.1. The minimum atomic E-state index is -3.99. The lowest BCUT2D eigenvalue weighted by Gasteiger charge is -2.39. The number of nitrogens with one attached hydrogen (secondary N) is 1. The lowest BCUT2D eigenvalue weighted by molar-refractivity contribution is -0.0666. The maximum atomic E-state index is 13.4. The van der Waals surface area contributed by atoms with Crippen molar-refractivity contribution in [1.29, 1.82) is 0 Å². The Bertz CT molecular complexity index is 874. The highest BCUT2D eigenvalue weighted by Crippen LogP contribution is 2.29. The van der Waals surface area contributed by atoms with Crippen molar-refractivity contribution >= 4 is 16.1 Å². The molecule has 0 fully saturated rings. The van der Waals surface area contributed by atoms with E-state index < -0.39 is 21.8 Å². The van der Waals surface area contributed by atoms with Crippen molar-refractivity contribution in [3.8, 4) is 0 Å². The van der Waals surface area contributed by atoms with Crippen LogP contribution in [0.4, 0.5) is 4.79 Å². The van der Waals surface area contributed by atoms with Crippen LogP contribution in [0.5, 0.6) is 0 Å². The summed E-state index contributed by atoms with van der Waals surface area (Å²) >= 11 is 0. The molecular weight excluding hydrogens is 392 g/mol. The molecule has 0 aliphatic heterocycles. The maximum Gasteiger partial charge on any atom is 0.404 e. The fourth-order valence-corrected chi connectivity index (χ4v) is 4.90. The molecule has 3 N–H and O–H groups in total. The Hall–Kier alpha value is -2.42. The molecular formula is C21H28N2O5S. The quantitative estimate of drug-likeness (QED) is 0.484. The maximum absolute atomic E-state index is 13.4. The van der Waals surface area contributed by atoms with Crippen molar-refractivity contribution in [3.05, 3.63) is 66.2 Å². The molecule has 0 spiro atoms. The Balaban J connectivity index is 2.46. The van der Waals surface area contributed by atoms with Gasteiger partial charge in [-0.3, -0.25) is 0 Å². The third-order valence-corrected chi connectivity index (χ3v) is 6.61. The van der Waals surface area contributed by atoms with E-state index in [1.807, 2.05) is 37.3 Å². The van der Waals surface area contributed by atoms with E-state index in [9.17, 15) is 18.3 Å². The molecule has 0 aliphatic carbocycles. The van der Waals surface area contributed by atoms with E-state index in [0.717, 1.165) is 16.3 Å². The number of carboxylic acid groups (broad SMARTS) is 1. The molecule has 7 nitrogen and oxygen atoms in total. The molecule has 2 aromatic carbocycles. The Kier molecular flexibility index (Phi) is 8.19. The molecule has 0 heterocycles. The van der Waals surface area contributed by atoms with Gasteiger partial charge in [-0.05, 0) is 24.1 Å². The molecule has 2 rings (SSSR count). The summed E-state index contributed by atoms with van der Waals surface area (Å²) in [6.07, 6.45) is 0.0538. The van der Waals surface area contributed by atoms with Gasteiger partial charge in [0.05, 0.1) is 4.90 Å². The van der Waals surface area contributed by atoms with E-state index in [0.29, 0.717) is 6.42 Å². The van der Waals surface area contributed by atoms with Gasteiger partial charge in [-0.15, -0.1) is 0 Å². The standard InChI is InChI=1S/C21H28N2O5S/c1-2-3-16-23(29(27,28)19-12-8-5-9-13-19)21(26,14-15-22-20(24)25)17-18-10-6-4-7-11-18/h4-13,22,26H,2-3,14-17H2,1H3,(H,24,25). The van der Waals surface area contributed by atoms with Crippen molar-refractivity contribution in [2.45, 2.75) is 43.2 Å². The Morgan fingerprint density at radius 2 is 1.66 bits per heavy atom. The molecule has 0 saturated carbocycles. The van der Waals surface area contributed by atoms with Crippen LogP contribution in [0.3, 0.4) is 0 Å². The number of amides is 1. The van der Waals surface area contributed by atoms with Gasteiger partial charge in [-0.25, -0.2) is 13.2 Å². The Labute approximate surface area is 172 Å². The topological polar surface area (TPSA) is 107 Å². The molecule has 0 saturated heterocycles. The molecule has 2 aromatic rings. The van der Waals surface area contributed by atoms with Crippen LogP contribution in [0.2, 0.25) is 0 Å². The zero-order chi connectivity index (χ0) is 21.3. The zero-order valence-corrected chi connectivity index (χ0v) is 17.3. The van der Waals surface area contributed by atoms with Gasteiger partial charge in [0.25, 0.3) is 0 Å². The number of carbonyl (C=O) groups is 1. The monoisotopic (exact) mass is 420 g/mol. The van der Waals surface area contributed by atoms with E-state index in [4.69, 9.17) is 5.11 Å². The summed E-state index contributed by atoms with van der Waals surface area (Å²) in [5.74, 6) is 0. The van der Waals surface area contributed by atoms with Crippen molar-refractivity contribution in [2.75, 3.05) is 13.1 Å². The molecule has 8 heteroatoms. The number of nitrogens with zero attached hydrogens (tertiary/aromatic N) is 1. The zero-order valence-electron chi connectivity index (χ0n) is 16.5. The fraction of sp³-hybridized carbons (Fsp3) is 0.381. The number of unbranched alkanes of at least 4 members (excludes halogenated alkanes) is 1. The molecule has 1 amide bonds. The summed E-state index contributed by atoms with van der Waals surface area (Å²) in [6.45, 7) is 1.99. The van der Waals surface area contributed by atoms with Crippen molar-refractivity contribution in [3.63, 3.8) is 0 Å². The predicted molar refractivity (Wildman–Crippen MR) is 111 cm³/mol. The van der Waals surface area contributed by atoms with E-state index in [2.05, 4.69) is 5.32 Å². The third-order valence-electron chi connectivity index (χ3n) is 4.64. The minimum Gasteiger partial charge on any atom is -0.465 e. The predicted octanol–water partition coefficient (Wildman–Crippen LogP) is 3.07. The second kappa shape index (κ2) is 10.4. The van der Waals surface area contributed by atoms with Crippen LogP contribution in [-0.4, -0.2) is 47.8 Å². The molecule has 0 bridgehead atoms. The lowest BCUT2D eigenvalue weighted by atomic mass is 9.99. The van der Waals surface area contributed by atoms with Gasteiger partial charge in [-0.2, -0.15) is 4.31 Å². The average Bonchev–Trinajstić information content (AvgIpc) is 2.69. The summed E-state index contributed by atoms with van der Waals surface area (Å²) in [4.78, 5) is 11.0. The molecule has 158 valence electrons. The van der Waals surface area contributed by atoms with Gasteiger partial charge in [0.1, 0.15) is 5.72 Å². The molecule has 1 atom stereocenters. The highest BCUT2D eigenvalue weighted by molar-refractivity contribution is 7.89. The first kappa shape index (κ1) is 22.9. The summed E-state index contributed by atoms with van der Waals surface area (Å²) < 4.78 is 27.9. The van der Waals surface area contributed by atoms with Crippen LogP contribution in [0.15, 0.2) is 65.6 Å². The summed E-state index contributed by atoms with van der Waals surface area (Å²) in [7, 11) is -3.99. The van der Waals surface area contributed by atoms with E-state index >= 15 is 0 Å². The largest absolute Gasteiger partial charge is 0.465 e. The van der Waals surface area contributed by atoms with Crippen molar-refractivity contribution < 1.29 is 23.4 Å². The Morgan fingerprint density at radius 1 is 1.07 bits per heavy atom. The highest BCUT2D eigenvalue weighted by Gasteiger charge is 2.42. The first-order chi connectivity index (χ1) is 13.8. The van der Waals surface area contributed by atoms with Crippen LogP contribution in [0.25, 0.3) is 0 Å². The summed E-state index contributed by atoms with van der Waals surface area (Å²) in [5.41, 5.74) is -1.02. The van der Waals surface area contributed by atoms with Gasteiger partial charge in [0, 0.05) is 25.9 Å². The number of rotatable bonds is 11. The molecule has 0 radical (unpaired) electrons. The van der Waals surface area contributed by atoms with Crippen LogP contribution < -0.4 is 5.32 Å². The summed E-state index contributed by atoms with van der Waals surface area (Å²) in [5, 5.41) is 22.7. The lowest BCUT2D eigenvalue weighted by Crippen LogP contribution is -2.55. The first-order valence-electron chi connectivity index (χ1n) is 9.60. The number of hydrogen-bond donors (Lipinski definition) is 3. The second-order valence-electron chi connectivity index (χ2n) is 6.87. The van der Waals surface area contributed by atoms with Gasteiger partial charge < -0.3 is 15.5 Å². The normalized spacial score (nSPS) is 13.8. The number of hydrogen-bond acceptors (Lipinski definition) is 4. The molecule has 1 unspecified atom stereocenters. The van der Waals surface area contributed by atoms with E-state index in [1.165, 1.54) is 12.1 Å². The molecule has 0 aliphatic rings. The number of sulfonamides is 1. The van der Waals surface area contributed by atoms with Crippen molar-refractivity contribution in [1.82, 2.24) is 9.62 Å².